The summed E-state index contributed by atoms with van der Waals surface area (Å²) in [6, 6.07) is 11.3. The monoisotopic (exact) mass is 289 g/mol. The highest BCUT2D eigenvalue weighted by Crippen LogP contribution is 2.31. The van der Waals surface area contributed by atoms with Crippen LogP contribution < -0.4 is 4.74 Å². The second-order valence-corrected chi connectivity index (χ2v) is 5.94. The Kier molecular flexibility index (Phi) is 2.76. The van der Waals surface area contributed by atoms with Crippen molar-refractivity contribution in [1.29, 1.82) is 0 Å². The summed E-state index contributed by atoms with van der Waals surface area (Å²) < 4.78 is 33.0. The standard InChI is InChI=1S/C14H11NO4S/c1-9-11(16)6-4-7-12(9)19-14-10-5-2-3-8-13(10)20(17,18)15-14/h2-8,16H,1H3. The summed E-state index contributed by atoms with van der Waals surface area (Å²) in [5.41, 5.74) is 0.951. The van der Waals surface area contributed by atoms with Gasteiger partial charge in [-0.05, 0) is 31.2 Å². The van der Waals surface area contributed by atoms with Gasteiger partial charge in [0.15, 0.2) is 0 Å². The van der Waals surface area contributed by atoms with Gasteiger partial charge in [0, 0.05) is 5.56 Å². The first-order valence-corrected chi connectivity index (χ1v) is 7.34. The third-order valence-electron chi connectivity index (χ3n) is 3.06. The molecule has 20 heavy (non-hydrogen) atoms. The van der Waals surface area contributed by atoms with Crippen LogP contribution >= 0.6 is 0 Å². The Morgan fingerprint density at radius 1 is 1.10 bits per heavy atom. The van der Waals surface area contributed by atoms with Gasteiger partial charge in [-0.25, -0.2) is 0 Å². The van der Waals surface area contributed by atoms with Crippen molar-refractivity contribution in [3.63, 3.8) is 0 Å². The third kappa shape index (κ3) is 1.94. The molecule has 0 unspecified atom stereocenters. The number of phenolic OH excluding ortho intramolecular Hbond substituents is 1. The van der Waals surface area contributed by atoms with Gasteiger partial charge in [0.1, 0.15) is 16.4 Å². The number of nitrogens with zero attached hydrogens (tertiary/aromatic N) is 1. The SMILES string of the molecule is Cc1c(O)cccc1OC1=NS(=O)(=O)c2ccccc21. The second kappa shape index (κ2) is 4.35. The summed E-state index contributed by atoms with van der Waals surface area (Å²) >= 11 is 0. The first-order chi connectivity index (χ1) is 9.49. The highest BCUT2D eigenvalue weighted by atomic mass is 32.2. The topological polar surface area (TPSA) is 76.0 Å². The first-order valence-electron chi connectivity index (χ1n) is 5.90. The fourth-order valence-electron chi connectivity index (χ4n) is 1.97. The van der Waals surface area contributed by atoms with Gasteiger partial charge in [-0.1, -0.05) is 18.2 Å². The molecule has 5 nitrogen and oxygen atoms in total. The van der Waals surface area contributed by atoms with Crippen molar-refractivity contribution in [3.8, 4) is 11.5 Å². The molecule has 3 rings (SSSR count). The van der Waals surface area contributed by atoms with E-state index in [1.54, 1.807) is 37.3 Å². The van der Waals surface area contributed by atoms with Crippen LogP contribution in [0.25, 0.3) is 0 Å². The van der Waals surface area contributed by atoms with Crippen LogP contribution in [0.2, 0.25) is 0 Å². The molecule has 0 aromatic heterocycles. The van der Waals surface area contributed by atoms with E-state index >= 15 is 0 Å². The van der Waals surface area contributed by atoms with Crippen LogP contribution in [-0.2, 0) is 10.0 Å². The predicted octanol–water partition coefficient (Wildman–Crippen LogP) is 2.23. The number of phenols is 1. The van der Waals surface area contributed by atoms with E-state index in [-0.39, 0.29) is 16.5 Å². The zero-order valence-electron chi connectivity index (χ0n) is 10.6. The van der Waals surface area contributed by atoms with Crippen molar-refractivity contribution in [1.82, 2.24) is 0 Å². The summed E-state index contributed by atoms with van der Waals surface area (Å²) in [6.07, 6.45) is 0. The average Bonchev–Trinajstić information content (AvgIpc) is 2.67. The molecule has 0 atom stereocenters. The molecule has 1 aliphatic heterocycles. The van der Waals surface area contributed by atoms with Gasteiger partial charge < -0.3 is 9.84 Å². The lowest BCUT2D eigenvalue weighted by Gasteiger charge is -2.09. The predicted molar refractivity (Wildman–Crippen MR) is 73.6 cm³/mol. The molecule has 1 N–H and O–H groups in total. The minimum atomic E-state index is -3.70. The molecule has 2 aromatic rings. The van der Waals surface area contributed by atoms with Crippen LogP contribution in [0, 0.1) is 6.92 Å². The van der Waals surface area contributed by atoms with Crippen molar-refractivity contribution in [2.45, 2.75) is 11.8 Å². The van der Waals surface area contributed by atoms with Crippen LogP contribution in [0.4, 0.5) is 0 Å². The van der Waals surface area contributed by atoms with Gasteiger partial charge >= 0.3 is 0 Å². The van der Waals surface area contributed by atoms with Gasteiger partial charge in [0.25, 0.3) is 10.0 Å². The van der Waals surface area contributed by atoms with E-state index in [0.29, 0.717) is 16.9 Å². The van der Waals surface area contributed by atoms with Gasteiger partial charge in [-0.3, -0.25) is 0 Å². The number of ether oxygens (including phenoxy) is 1. The molecule has 0 spiro atoms. The van der Waals surface area contributed by atoms with Crippen LogP contribution in [0.1, 0.15) is 11.1 Å². The van der Waals surface area contributed by atoms with Crippen molar-refractivity contribution in [2.24, 2.45) is 4.40 Å². The smallest absolute Gasteiger partial charge is 0.286 e. The Bertz CT molecular complexity index is 825. The average molecular weight is 289 g/mol. The molecule has 0 bridgehead atoms. The van der Waals surface area contributed by atoms with Crippen LogP contribution in [0.3, 0.4) is 0 Å². The lowest BCUT2D eigenvalue weighted by Crippen LogP contribution is -2.08. The molecule has 2 aromatic carbocycles. The Morgan fingerprint density at radius 3 is 2.65 bits per heavy atom. The zero-order valence-corrected chi connectivity index (χ0v) is 11.4. The number of hydrogen-bond donors (Lipinski definition) is 1. The second-order valence-electron chi connectivity index (χ2n) is 4.37. The number of hydrogen-bond acceptors (Lipinski definition) is 4. The molecule has 0 aliphatic carbocycles. The lowest BCUT2D eigenvalue weighted by atomic mass is 10.2. The molecule has 102 valence electrons. The van der Waals surface area contributed by atoms with Gasteiger partial charge in [0.05, 0.1) is 5.56 Å². The highest BCUT2D eigenvalue weighted by molar-refractivity contribution is 7.90. The van der Waals surface area contributed by atoms with Crippen LogP contribution in [0.15, 0.2) is 51.8 Å². The summed E-state index contributed by atoms with van der Waals surface area (Å²) in [5.74, 6) is 0.474. The first kappa shape index (κ1) is 12.7. The van der Waals surface area contributed by atoms with Crippen molar-refractivity contribution in [3.05, 3.63) is 53.6 Å². The Hall–Kier alpha value is -2.34. The molecule has 0 fully saturated rings. The maximum Gasteiger partial charge on any atom is 0.286 e. The Labute approximate surface area is 116 Å². The molecule has 1 heterocycles. The molecule has 0 saturated carbocycles. The minimum absolute atomic E-state index is 0.0225. The number of sulfonamides is 1. The summed E-state index contributed by atoms with van der Waals surface area (Å²) in [7, 11) is -3.70. The number of aromatic hydroxyl groups is 1. The van der Waals surface area contributed by atoms with Gasteiger partial charge in [-0.2, -0.15) is 8.42 Å². The van der Waals surface area contributed by atoms with Crippen molar-refractivity contribution in [2.75, 3.05) is 0 Å². The normalized spacial score (nSPS) is 15.6. The van der Waals surface area contributed by atoms with E-state index in [4.69, 9.17) is 4.74 Å². The molecular formula is C14H11NO4S. The summed E-state index contributed by atoms with van der Waals surface area (Å²) in [6.45, 7) is 1.68. The van der Waals surface area contributed by atoms with E-state index in [9.17, 15) is 13.5 Å². The molecule has 0 amide bonds. The van der Waals surface area contributed by atoms with Crippen LogP contribution in [0.5, 0.6) is 11.5 Å². The number of fused-ring (bicyclic) bond motifs is 1. The van der Waals surface area contributed by atoms with Gasteiger partial charge in [-0.15, -0.1) is 4.40 Å². The zero-order chi connectivity index (χ0) is 14.3. The maximum absolute atomic E-state index is 11.9. The number of benzene rings is 2. The fraction of sp³-hybridized carbons (Fsp3) is 0.0714. The fourth-order valence-corrected chi connectivity index (χ4v) is 3.10. The largest absolute Gasteiger partial charge is 0.508 e. The lowest BCUT2D eigenvalue weighted by molar-refractivity contribution is 0.463. The minimum Gasteiger partial charge on any atom is -0.508 e. The van der Waals surface area contributed by atoms with Crippen molar-refractivity contribution < 1.29 is 18.3 Å². The molecule has 0 radical (unpaired) electrons. The van der Waals surface area contributed by atoms with Gasteiger partial charge in [0.2, 0.25) is 5.90 Å². The van der Waals surface area contributed by atoms with E-state index < -0.39 is 10.0 Å². The van der Waals surface area contributed by atoms with Crippen LogP contribution in [-0.4, -0.2) is 19.4 Å². The molecule has 6 heteroatoms. The summed E-state index contributed by atoms with van der Waals surface area (Å²) in [5, 5.41) is 9.63. The Morgan fingerprint density at radius 2 is 1.85 bits per heavy atom. The van der Waals surface area contributed by atoms with E-state index in [1.165, 1.54) is 12.1 Å². The highest BCUT2D eigenvalue weighted by Gasteiger charge is 2.30. The molecule has 0 saturated heterocycles. The van der Waals surface area contributed by atoms with E-state index in [0.717, 1.165) is 0 Å². The third-order valence-corrected chi connectivity index (χ3v) is 4.38. The Balaban J connectivity index is 2.07. The molecular weight excluding hydrogens is 278 g/mol. The maximum atomic E-state index is 11.9. The van der Waals surface area contributed by atoms with E-state index in [2.05, 4.69) is 4.40 Å². The van der Waals surface area contributed by atoms with E-state index in [1.807, 2.05) is 0 Å². The summed E-state index contributed by atoms with van der Waals surface area (Å²) in [4.78, 5) is 0.132. The molecule has 1 aliphatic rings. The quantitative estimate of drug-likeness (QED) is 0.873. The van der Waals surface area contributed by atoms with Crippen molar-refractivity contribution >= 4 is 15.9 Å². The number of rotatable bonds is 1.